The second kappa shape index (κ2) is 9.43. The van der Waals surface area contributed by atoms with E-state index in [4.69, 9.17) is 0 Å². The first-order valence-electron chi connectivity index (χ1n) is 9.10. The molecule has 2 rings (SSSR count). The van der Waals surface area contributed by atoms with E-state index in [1.807, 2.05) is 11.8 Å². The summed E-state index contributed by atoms with van der Waals surface area (Å²) in [5.41, 5.74) is 0. The summed E-state index contributed by atoms with van der Waals surface area (Å²) in [5, 5.41) is 6.62. The first-order valence-corrected chi connectivity index (χ1v) is 11.9. The first kappa shape index (κ1) is 20.8. The van der Waals surface area contributed by atoms with Crippen LogP contribution in [-0.2, 0) is 10.0 Å². The lowest BCUT2D eigenvalue weighted by atomic mass is 10.1. The molecule has 25 heavy (non-hydrogen) atoms. The van der Waals surface area contributed by atoms with Gasteiger partial charge in [0, 0.05) is 63.4 Å². The van der Waals surface area contributed by atoms with Crippen molar-refractivity contribution in [3.63, 3.8) is 0 Å². The number of guanidine groups is 1. The minimum absolute atomic E-state index is 0.108. The Labute approximate surface area is 157 Å². The molecule has 0 aliphatic carbocycles. The number of rotatable bonds is 6. The van der Waals surface area contributed by atoms with Crippen molar-refractivity contribution in [2.75, 3.05) is 57.0 Å². The molecular formula is C16H33N5O2S2. The summed E-state index contributed by atoms with van der Waals surface area (Å²) in [6.45, 7) is 10.4. The average Bonchev–Trinajstić information content (AvgIpc) is 2.95. The SMILES string of the molecule is CN=C(NCCS(=O)(=O)N1CCSCC1)NC1CN(C(C)C)CC1C. The molecule has 2 aliphatic rings. The Balaban J connectivity index is 1.79. The van der Waals surface area contributed by atoms with Gasteiger partial charge < -0.3 is 10.6 Å². The molecule has 0 bridgehead atoms. The van der Waals surface area contributed by atoms with Crippen LogP contribution in [0.5, 0.6) is 0 Å². The van der Waals surface area contributed by atoms with Gasteiger partial charge in [-0.25, -0.2) is 12.7 Å². The number of thioether (sulfide) groups is 1. The van der Waals surface area contributed by atoms with E-state index in [0.29, 0.717) is 43.6 Å². The van der Waals surface area contributed by atoms with Crippen LogP contribution in [0.1, 0.15) is 20.8 Å². The Morgan fingerprint density at radius 3 is 2.52 bits per heavy atom. The first-order chi connectivity index (χ1) is 11.8. The molecular weight excluding hydrogens is 358 g/mol. The standard InChI is InChI=1S/C16H33N5O2S2/c1-13(2)20-11-14(3)15(12-20)19-16(17-4)18-5-10-25(22,23)21-6-8-24-9-7-21/h13-15H,5-12H2,1-4H3,(H2,17,18,19). The second-order valence-electron chi connectivity index (χ2n) is 7.10. The second-order valence-corrected chi connectivity index (χ2v) is 10.4. The van der Waals surface area contributed by atoms with Crippen molar-refractivity contribution in [3.05, 3.63) is 0 Å². The van der Waals surface area contributed by atoms with Gasteiger partial charge in [0.1, 0.15) is 0 Å². The molecule has 2 unspecified atom stereocenters. The quantitative estimate of drug-likeness (QED) is 0.500. The van der Waals surface area contributed by atoms with Gasteiger partial charge in [-0.1, -0.05) is 6.92 Å². The van der Waals surface area contributed by atoms with Crippen molar-refractivity contribution in [2.45, 2.75) is 32.9 Å². The van der Waals surface area contributed by atoms with Crippen LogP contribution < -0.4 is 10.6 Å². The Bertz CT molecular complexity index is 547. The van der Waals surface area contributed by atoms with Crippen LogP contribution in [0.4, 0.5) is 0 Å². The lowest BCUT2D eigenvalue weighted by Crippen LogP contribution is -2.48. The van der Waals surface area contributed by atoms with Gasteiger partial charge in [-0.3, -0.25) is 9.89 Å². The highest BCUT2D eigenvalue weighted by Gasteiger charge is 2.31. The van der Waals surface area contributed by atoms with Crippen LogP contribution in [0.2, 0.25) is 0 Å². The molecule has 2 N–H and O–H groups in total. The molecule has 0 amide bonds. The molecule has 7 nitrogen and oxygen atoms in total. The third-order valence-corrected chi connectivity index (χ3v) is 7.75. The van der Waals surface area contributed by atoms with Gasteiger partial charge in [0.25, 0.3) is 0 Å². The van der Waals surface area contributed by atoms with Crippen LogP contribution in [0, 0.1) is 5.92 Å². The van der Waals surface area contributed by atoms with Gasteiger partial charge in [0.15, 0.2) is 5.96 Å². The topological polar surface area (TPSA) is 77.0 Å². The number of hydrogen-bond donors (Lipinski definition) is 2. The van der Waals surface area contributed by atoms with Crippen molar-refractivity contribution >= 4 is 27.7 Å². The molecule has 0 aromatic carbocycles. The average molecular weight is 392 g/mol. The van der Waals surface area contributed by atoms with Crippen molar-refractivity contribution in [2.24, 2.45) is 10.9 Å². The predicted molar refractivity (Wildman–Crippen MR) is 107 cm³/mol. The van der Waals surface area contributed by atoms with Crippen molar-refractivity contribution in [3.8, 4) is 0 Å². The van der Waals surface area contributed by atoms with Gasteiger partial charge in [-0.15, -0.1) is 0 Å². The summed E-state index contributed by atoms with van der Waals surface area (Å²) in [6, 6.07) is 0.876. The molecule has 146 valence electrons. The molecule has 0 radical (unpaired) electrons. The normalized spacial score (nSPS) is 27.0. The lowest BCUT2D eigenvalue weighted by molar-refractivity contribution is 0.265. The van der Waals surface area contributed by atoms with E-state index >= 15 is 0 Å². The molecule has 2 atom stereocenters. The molecule has 2 saturated heterocycles. The van der Waals surface area contributed by atoms with E-state index in [-0.39, 0.29) is 5.75 Å². The number of sulfonamides is 1. The molecule has 2 fully saturated rings. The lowest BCUT2D eigenvalue weighted by Gasteiger charge is -2.26. The molecule has 2 heterocycles. The maximum absolute atomic E-state index is 12.4. The van der Waals surface area contributed by atoms with E-state index < -0.39 is 10.0 Å². The zero-order chi connectivity index (χ0) is 18.4. The fourth-order valence-electron chi connectivity index (χ4n) is 3.24. The highest BCUT2D eigenvalue weighted by Crippen LogP contribution is 2.18. The maximum atomic E-state index is 12.4. The van der Waals surface area contributed by atoms with E-state index in [0.717, 1.165) is 24.6 Å². The van der Waals surface area contributed by atoms with Gasteiger partial charge >= 0.3 is 0 Å². The van der Waals surface area contributed by atoms with Crippen LogP contribution >= 0.6 is 11.8 Å². The van der Waals surface area contributed by atoms with E-state index in [2.05, 4.69) is 41.3 Å². The molecule has 2 aliphatic heterocycles. The highest BCUT2D eigenvalue weighted by molar-refractivity contribution is 7.99. The third kappa shape index (κ3) is 6.01. The van der Waals surface area contributed by atoms with Gasteiger partial charge in [-0.05, 0) is 19.8 Å². The summed E-state index contributed by atoms with van der Waals surface area (Å²) in [6.07, 6.45) is 0. The van der Waals surface area contributed by atoms with E-state index in [1.165, 1.54) is 0 Å². The Kier molecular flexibility index (Phi) is 7.85. The van der Waals surface area contributed by atoms with Crippen LogP contribution in [0.25, 0.3) is 0 Å². The van der Waals surface area contributed by atoms with Crippen molar-refractivity contribution in [1.82, 2.24) is 19.8 Å². The van der Waals surface area contributed by atoms with Crippen molar-refractivity contribution < 1.29 is 8.42 Å². The van der Waals surface area contributed by atoms with Gasteiger partial charge in [0.05, 0.1) is 5.75 Å². The third-order valence-electron chi connectivity index (χ3n) is 4.93. The van der Waals surface area contributed by atoms with Crippen LogP contribution in [0.15, 0.2) is 4.99 Å². The summed E-state index contributed by atoms with van der Waals surface area (Å²) in [4.78, 5) is 6.70. The maximum Gasteiger partial charge on any atom is 0.215 e. The summed E-state index contributed by atoms with van der Waals surface area (Å²) < 4.78 is 26.4. The monoisotopic (exact) mass is 391 g/mol. The predicted octanol–water partition coefficient (Wildman–Crippen LogP) is 0.259. The number of nitrogens with zero attached hydrogens (tertiary/aromatic N) is 3. The van der Waals surface area contributed by atoms with Gasteiger partial charge in [-0.2, -0.15) is 11.8 Å². The van der Waals surface area contributed by atoms with Crippen LogP contribution in [-0.4, -0.2) is 92.7 Å². The Morgan fingerprint density at radius 1 is 1.28 bits per heavy atom. The number of likely N-dealkylation sites (tertiary alicyclic amines) is 1. The summed E-state index contributed by atoms with van der Waals surface area (Å²) in [5.74, 6) is 3.11. The Morgan fingerprint density at radius 2 is 1.96 bits per heavy atom. The zero-order valence-corrected chi connectivity index (χ0v) is 17.5. The molecule has 0 aromatic heterocycles. The van der Waals surface area contributed by atoms with E-state index in [9.17, 15) is 8.42 Å². The largest absolute Gasteiger partial charge is 0.355 e. The molecule has 9 heteroatoms. The summed E-state index contributed by atoms with van der Waals surface area (Å²) in [7, 11) is -1.45. The minimum Gasteiger partial charge on any atom is -0.355 e. The summed E-state index contributed by atoms with van der Waals surface area (Å²) >= 11 is 1.81. The van der Waals surface area contributed by atoms with Gasteiger partial charge in [0.2, 0.25) is 10.0 Å². The number of aliphatic imine (C=N–C) groups is 1. The zero-order valence-electron chi connectivity index (χ0n) is 15.9. The molecule has 0 saturated carbocycles. The molecule has 0 aromatic rings. The fourth-order valence-corrected chi connectivity index (χ4v) is 5.73. The number of nitrogens with one attached hydrogen (secondary N) is 2. The van der Waals surface area contributed by atoms with Crippen LogP contribution in [0.3, 0.4) is 0 Å². The smallest absolute Gasteiger partial charge is 0.215 e. The van der Waals surface area contributed by atoms with Crippen molar-refractivity contribution in [1.29, 1.82) is 0 Å². The minimum atomic E-state index is -3.18. The fraction of sp³-hybridized carbons (Fsp3) is 0.938. The number of hydrogen-bond acceptors (Lipinski definition) is 5. The molecule has 0 spiro atoms. The Hall–Kier alpha value is -0.510. The van der Waals surface area contributed by atoms with E-state index in [1.54, 1.807) is 11.4 Å². The highest BCUT2D eigenvalue weighted by atomic mass is 32.2.